The number of fused-ring (bicyclic) bond motifs is 2. The number of aromatic nitrogens is 2. The lowest BCUT2D eigenvalue weighted by Gasteiger charge is -2.29. The van der Waals surface area contributed by atoms with Crippen molar-refractivity contribution in [3.8, 4) is 22.9 Å². The second-order valence-electron chi connectivity index (χ2n) is 10.4. The molecule has 0 aliphatic carbocycles. The molecule has 6 rings (SSSR count). The van der Waals surface area contributed by atoms with Gasteiger partial charge in [-0.2, -0.15) is 0 Å². The summed E-state index contributed by atoms with van der Waals surface area (Å²) in [6, 6.07) is 29.4. The maximum Gasteiger partial charge on any atom is 0.162 e. The van der Waals surface area contributed by atoms with Gasteiger partial charge >= 0.3 is 0 Å². The molecule has 1 aliphatic rings. The van der Waals surface area contributed by atoms with Gasteiger partial charge in [0.2, 0.25) is 0 Å². The Bertz CT molecular complexity index is 1630. The van der Waals surface area contributed by atoms with Gasteiger partial charge in [-0.05, 0) is 72.9 Å². The lowest BCUT2D eigenvalue weighted by atomic mass is 9.98. The highest BCUT2D eigenvalue weighted by Gasteiger charge is 2.19. The van der Waals surface area contributed by atoms with E-state index in [1.807, 2.05) is 18.2 Å². The maximum atomic E-state index is 5.52. The molecule has 1 aromatic heterocycles. The van der Waals surface area contributed by atoms with E-state index in [0.29, 0.717) is 0 Å². The number of aryl methyl sites for hydroxylation is 1. The molecule has 0 fully saturated rings. The first-order valence-electron chi connectivity index (χ1n) is 13.8. The van der Waals surface area contributed by atoms with Crippen molar-refractivity contribution in [1.82, 2.24) is 14.9 Å². The van der Waals surface area contributed by atoms with Gasteiger partial charge in [0, 0.05) is 36.3 Å². The van der Waals surface area contributed by atoms with Gasteiger partial charge in [0.05, 0.1) is 19.7 Å². The zero-order chi connectivity index (χ0) is 27.5. The van der Waals surface area contributed by atoms with Crippen LogP contribution in [0, 0.1) is 6.92 Å². The molecule has 0 spiro atoms. The van der Waals surface area contributed by atoms with E-state index in [0.717, 1.165) is 77.8 Å². The minimum absolute atomic E-state index is 0.719. The molecule has 1 N–H and O–H groups in total. The van der Waals surface area contributed by atoms with Crippen molar-refractivity contribution >= 4 is 22.4 Å². The second-order valence-corrected chi connectivity index (χ2v) is 10.4. The number of hydrogen-bond acceptors (Lipinski definition) is 6. The molecular weight excluding hydrogens is 496 g/mol. The molecule has 202 valence electrons. The van der Waals surface area contributed by atoms with Crippen LogP contribution in [-0.4, -0.2) is 42.2 Å². The smallest absolute Gasteiger partial charge is 0.162 e. The van der Waals surface area contributed by atoms with Gasteiger partial charge in [0.25, 0.3) is 0 Å². The first kappa shape index (κ1) is 25.8. The third-order valence-corrected chi connectivity index (χ3v) is 7.64. The van der Waals surface area contributed by atoms with Gasteiger partial charge in [0.15, 0.2) is 17.3 Å². The van der Waals surface area contributed by atoms with Crippen molar-refractivity contribution in [3.05, 3.63) is 107 Å². The zero-order valence-corrected chi connectivity index (χ0v) is 23.3. The van der Waals surface area contributed by atoms with Gasteiger partial charge in [-0.3, -0.25) is 4.90 Å². The molecule has 6 nitrogen and oxygen atoms in total. The summed E-state index contributed by atoms with van der Waals surface area (Å²) in [5.74, 6) is 3.14. The number of nitrogens with zero attached hydrogens (tertiary/aromatic N) is 3. The summed E-state index contributed by atoms with van der Waals surface area (Å²) in [5.41, 5.74) is 8.15. The molecule has 4 aromatic carbocycles. The van der Waals surface area contributed by atoms with Crippen LogP contribution in [0.5, 0.6) is 11.5 Å². The lowest BCUT2D eigenvalue weighted by molar-refractivity contribution is 0.255. The summed E-state index contributed by atoms with van der Waals surface area (Å²) in [6.45, 7) is 5.07. The molecule has 0 amide bonds. The SMILES string of the molecule is COc1cc2c(cc1OC)CN(CCc1ccc(Nc3nc(-c4ccc(C)cc4)nc4ccccc34)cc1)CC2. The van der Waals surface area contributed by atoms with Crippen LogP contribution in [-0.2, 0) is 19.4 Å². The minimum atomic E-state index is 0.719. The van der Waals surface area contributed by atoms with Crippen molar-refractivity contribution in [3.63, 3.8) is 0 Å². The molecule has 2 heterocycles. The average molecular weight is 531 g/mol. The molecule has 0 saturated heterocycles. The predicted molar refractivity (Wildman–Crippen MR) is 162 cm³/mol. The third kappa shape index (κ3) is 5.49. The summed E-state index contributed by atoms with van der Waals surface area (Å²) in [7, 11) is 3.39. The Morgan fingerprint density at radius 3 is 2.30 bits per heavy atom. The van der Waals surface area contributed by atoms with Gasteiger partial charge in [-0.15, -0.1) is 0 Å². The molecule has 0 radical (unpaired) electrons. The Hall–Kier alpha value is -4.42. The number of rotatable bonds is 8. The standard InChI is InChI=1S/C34H34N4O2/c1-23-8-12-25(13-9-23)33-36-30-7-5-4-6-29(30)34(37-33)35-28-14-10-24(11-15-28)16-18-38-19-17-26-20-31(39-2)32(40-3)21-27(26)22-38/h4-15,20-21H,16-19,22H2,1-3H3,(H,35,36,37). The number of nitrogens with one attached hydrogen (secondary N) is 1. The summed E-state index contributed by atoms with van der Waals surface area (Å²) in [6.07, 6.45) is 2.02. The quantitative estimate of drug-likeness (QED) is 0.234. The Balaban J connectivity index is 1.14. The van der Waals surface area contributed by atoms with Crippen LogP contribution in [0.2, 0.25) is 0 Å². The van der Waals surface area contributed by atoms with Crippen LogP contribution in [0.4, 0.5) is 11.5 Å². The fourth-order valence-electron chi connectivity index (χ4n) is 5.31. The van der Waals surface area contributed by atoms with Crippen LogP contribution >= 0.6 is 0 Å². The number of ether oxygens (including phenoxy) is 2. The Morgan fingerprint density at radius 1 is 0.825 bits per heavy atom. The second kappa shape index (κ2) is 11.4. The van der Waals surface area contributed by atoms with Crippen molar-refractivity contribution < 1.29 is 9.47 Å². The summed E-state index contributed by atoms with van der Waals surface area (Å²) in [4.78, 5) is 12.2. The first-order chi connectivity index (χ1) is 19.6. The topological polar surface area (TPSA) is 59.5 Å². The van der Waals surface area contributed by atoms with Gasteiger partial charge in [-0.25, -0.2) is 9.97 Å². The van der Waals surface area contributed by atoms with Crippen LogP contribution in [0.3, 0.4) is 0 Å². The highest BCUT2D eigenvalue weighted by molar-refractivity contribution is 5.92. The molecule has 5 aromatic rings. The molecular formula is C34H34N4O2. The summed E-state index contributed by atoms with van der Waals surface area (Å²) in [5, 5.41) is 4.55. The molecule has 0 bridgehead atoms. The highest BCUT2D eigenvalue weighted by atomic mass is 16.5. The molecule has 0 unspecified atom stereocenters. The largest absolute Gasteiger partial charge is 0.493 e. The minimum Gasteiger partial charge on any atom is -0.493 e. The molecule has 6 heteroatoms. The van der Waals surface area contributed by atoms with E-state index in [1.165, 1.54) is 22.3 Å². The molecule has 0 atom stereocenters. The van der Waals surface area contributed by atoms with Crippen molar-refractivity contribution in [1.29, 1.82) is 0 Å². The Labute approximate surface area is 235 Å². The van der Waals surface area contributed by atoms with Crippen molar-refractivity contribution in [2.24, 2.45) is 0 Å². The van der Waals surface area contributed by atoms with E-state index in [1.54, 1.807) is 14.2 Å². The van der Waals surface area contributed by atoms with Crippen LogP contribution < -0.4 is 14.8 Å². The van der Waals surface area contributed by atoms with Crippen molar-refractivity contribution in [2.45, 2.75) is 26.3 Å². The summed E-state index contributed by atoms with van der Waals surface area (Å²) >= 11 is 0. The monoisotopic (exact) mass is 530 g/mol. The number of anilines is 2. The number of para-hydroxylation sites is 1. The lowest BCUT2D eigenvalue weighted by Crippen LogP contribution is -2.32. The number of methoxy groups -OCH3 is 2. The Morgan fingerprint density at radius 2 is 1.55 bits per heavy atom. The predicted octanol–water partition coefficient (Wildman–Crippen LogP) is 6.97. The fraction of sp³-hybridized carbons (Fsp3) is 0.235. The van der Waals surface area contributed by atoms with Crippen LogP contribution in [0.1, 0.15) is 22.3 Å². The highest BCUT2D eigenvalue weighted by Crippen LogP contribution is 2.33. The van der Waals surface area contributed by atoms with E-state index >= 15 is 0 Å². The molecule has 40 heavy (non-hydrogen) atoms. The normalized spacial score (nSPS) is 13.2. The molecule has 0 saturated carbocycles. The number of benzene rings is 4. The van der Waals surface area contributed by atoms with E-state index in [2.05, 4.69) is 83.9 Å². The fourth-order valence-corrected chi connectivity index (χ4v) is 5.31. The molecule has 1 aliphatic heterocycles. The third-order valence-electron chi connectivity index (χ3n) is 7.64. The van der Waals surface area contributed by atoms with Crippen LogP contribution in [0.25, 0.3) is 22.3 Å². The average Bonchev–Trinajstić information content (AvgIpc) is 3.00. The Kier molecular flexibility index (Phi) is 7.34. The van der Waals surface area contributed by atoms with E-state index in [4.69, 9.17) is 19.4 Å². The van der Waals surface area contributed by atoms with E-state index in [-0.39, 0.29) is 0 Å². The van der Waals surface area contributed by atoms with Gasteiger partial charge < -0.3 is 14.8 Å². The van der Waals surface area contributed by atoms with E-state index in [9.17, 15) is 0 Å². The van der Waals surface area contributed by atoms with Gasteiger partial charge in [0.1, 0.15) is 5.82 Å². The van der Waals surface area contributed by atoms with Gasteiger partial charge in [-0.1, -0.05) is 54.1 Å². The van der Waals surface area contributed by atoms with Crippen LogP contribution in [0.15, 0.2) is 84.9 Å². The van der Waals surface area contributed by atoms with E-state index < -0.39 is 0 Å². The zero-order valence-electron chi connectivity index (χ0n) is 23.3. The number of hydrogen-bond donors (Lipinski definition) is 1. The van der Waals surface area contributed by atoms with Crippen molar-refractivity contribution in [2.75, 3.05) is 32.6 Å². The first-order valence-corrected chi connectivity index (χ1v) is 13.8. The maximum absolute atomic E-state index is 5.52. The summed E-state index contributed by atoms with van der Waals surface area (Å²) < 4.78 is 11.0.